The molecule has 2 rings (SSSR count). The number of rotatable bonds is 3. The van der Waals surface area contributed by atoms with E-state index in [2.05, 4.69) is 46.5 Å². The number of nitrogens with one attached hydrogen (secondary N) is 1. The van der Waals surface area contributed by atoms with Crippen LogP contribution < -0.4 is 4.72 Å². The summed E-state index contributed by atoms with van der Waals surface area (Å²) in [5, 5.41) is -0.0145. The Morgan fingerprint density at radius 1 is 1.16 bits per heavy atom. The lowest BCUT2D eigenvalue weighted by Gasteiger charge is -2.09. The third-order valence-electron chi connectivity index (χ3n) is 2.07. The van der Waals surface area contributed by atoms with Gasteiger partial charge in [-0.2, -0.15) is 0 Å². The number of benzene rings is 1. The van der Waals surface area contributed by atoms with E-state index >= 15 is 0 Å². The lowest BCUT2D eigenvalue weighted by atomic mass is 10.4. The molecule has 0 aliphatic carbocycles. The number of sulfonamides is 1. The van der Waals surface area contributed by atoms with Gasteiger partial charge in [0.1, 0.15) is 4.90 Å². The summed E-state index contributed by atoms with van der Waals surface area (Å²) in [4.78, 5) is 7.66. The molecule has 0 unspecified atom stereocenters. The van der Waals surface area contributed by atoms with Crippen molar-refractivity contribution in [3.05, 3.63) is 44.7 Å². The summed E-state index contributed by atoms with van der Waals surface area (Å²) in [5.41, 5.74) is 0. The molecule has 0 spiro atoms. The van der Waals surface area contributed by atoms with Crippen LogP contribution in [0, 0.1) is 0 Å². The first-order valence-corrected chi connectivity index (χ1v) is 8.29. The van der Waals surface area contributed by atoms with E-state index < -0.39 is 10.0 Å². The number of aromatic nitrogens is 2. The number of nitrogens with zero attached hydrogens (tertiary/aromatic N) is 2. The minimum Gasteiger partial charge on any atom is -0.261 e. The van der Waals surface area contributed by atoms with Crippen molar-refractivity contribution in [1.82, 2.24) is 9.97 Å². The smallest absolute Gasteiger partial charge is 0.261 e. The van der Waals surface area contributed by atoms with Gasteiger partial charge in [-0.15, -0.1) is 0 Å². The van der Waals surface area contributed by atoms with Gasteiger partial charge in [-0.1, -0.05) is 27.5 Å². The van der Waals surface area contributed by atoms with Crippen LogP contribution in [0.25, 0.3) is 0 Å². The van der Waals surface area contributed by atoms with Crippen LogP contribution in [0.3, 0.4) is 0 Å². The normalized spacial score (nSPS) is 11.3. The Morgan fingerprint density at radius 3 is 2.47 bits per heavy atom. The molecule has 0 saturated carbocycles. The van der Waals surface area contributed by atoms with Gasteiger partial charge in [-0.25, -0.2) is 18.4 Å². The number of halogens is 3. The van der Waals surface area contributed by atoms with Crippen LogP contribution >= 0.6 is 43.5 Å². The third kappa shape index (κ3) is 3.44. The molecule has 0 saturated heterocycles. The fraction of sp³-hybridized carbons (Fsp3) is 0. The summed E-state index contributed by atoms with van der Waals surface area (Å²) in [6.07, 6.45) is 2.72. The Bertz CT molecular complexity index is 724. The van der Waals surface area contributed by atoms with Crippen molar-refractivity contribution in [2.45, 2.75) is 4.90 Å². The molecule has 2 aromatic rings. The third-order valence-corrected chi connectivity index (χ3v) is 5.15. The van der Waals surface area contributed by atoms with Crippen molar-refractivity contribution in [1.29, 1.82) is 0 Å². The molecule has 1 heterocycles. The van der Waals surface area contributed by atoms with Gasteiger partial charge in [-0.05, 0) is 34.1 Å². The van der Waals surface area contributed by atoms with Crippen LogP contribution in [-0.4, -0.2) is 18.4 Å². The maximum atomic E-state index is 12.2. The first kappa shape index (κ1) is 14.7. The topological polar surface area (TPSA) is 72.0 Å². The van der Waals surface area contributed by atoms with E-state index in [1.165, 1.54) is 18.5 Å². The van der Waals surface area contributed by atoms with Crippen LogP contribution in [0.1, 0.15) is 0 Å². The minimum absolute atomic E-state index is 0.0145. The van der Waals surface area contributed by atoms with E-state index in [4.69, 9.17) is 11.6 Å². The monoisotopic (exact) mass is 425 g/mol. The molecule has 1 aromatic carbocycles. The molecule has 9 heteroatoms. The average Bonchev–Trinajstić information content (AvgIpc) is 2.31. The second-order valence-corrected chi connectivity index (χ2v) is 7.15. The Balaban J connectivity index is 2.41. The number of hydrogen-bond donors (Lipinski definition) is 1. The summed E-state index contributed by atoms with van der Waals surface area (Å²) >= 11 is 12.2. The van der Waals surface area contributed by atoms with Crippen molar-refractivity contribution in [3.8, 4) is 0 Å². The van der Waals surface area contributed by atoms with Gasteiger partial charge in [0, 0.05) is 21.3 Å². The molecule has 0 atom stereocenters. The predicted octanol–water partition coefficient (Wildman–Crippen LogP) is 3.46. The van der Waals surface area contributed by atoms with Crippen molar-refractivity contribution < 1.29 is 8.42 Å². The first-order chi connectivity index (χ1) is 8.90. The van der Waals surface area contributed by atoms with Gasteiger partial charge in [0.25, 0.3) is 10.0 Å². The zero-order valence-corrected chi connectivity index (χ0v) is 13.9. The van der Waals surface area contributed by atoms with Crippen molar-refractivity contribution >= 4 is 59.3 Å². The molecule has 1 N–H and O–H groups in total. The quantitative estimate of drug-likeness (QED) is 0.814. The summed E-state index contributed by atoms with van der Waals surface area (Å²) in [7, 11) is -3.79. The van der Waals surface area contributed by atoms with Gasteiger partial charge in [0.05, 0.1) is 0 Å². The molecule has 5 nitrogen and oxygen atoms in total. The highest BCUT2D eigenvalue weighted by Gasteiger charge is 2.19. The molecule has 19 heavy (non-hydrogen) atoms. The summed E-state index contributed by atoms with van der Waals surface area (Å²) in [6, 6.07) is 4.71. The second kappa shape index (κ2) is 5.74. The van der Waals surface area contributed by atoms with Crippen molar-refractivity contribution in [2.24, 2.45) is 0 Å². The molecule has 1 aromatic heterocycles. The Kier molecular flexibility index (Phi) is 4.44. The standard InChI is InChI=1S/C10H6Br2ClN3O2S/c11-6-1-2-8(7(12)5-6)19(17,18)16-10-9(13)14-3-4-15-10/h1-5H,(H,15,16). The second-order valence-electron chi connectivity index (χ2n) is 3.38. The number of anilines is 1. The fourth-order valence-electron chi connectivity index (χ4n) is 1.26. The van der Waals surface area contributed by atoms with Crippen LogP contribution in [0.2, 0.25) is 5.15 Å². The molecule has 0 bridgehead atoms. The fourth-order valence-corrected chi connectivity index (χ4v) is 4.24. The predicted molar refractivity (Wildman–Crippen MR) is 79.7 cm³/mol. The Hall–Kier alpha value is -0.700. The molecule has 100 valence electrons. The van der Waals surface area contributed by atoms with Crippen LogP contribution in [0.15, 0.2) is 44.4 Å². The molecule has 0 radical (unpaired) electrons. The van der Waals surface area contributed by atoms with E-state index in [9.17, 15) is 8.42 Å². The summed E-state index contributed by atoms with van der Waals surface area (Å²) in [5.74, 6) is -0.0148. The van der Waals surface area contributed by atoms with Crippen molar-refractivity contribution in [3.63, 3.8) is 0 Å². The highest BCUT2D eigenvalue weighted by molar-refractivity contribution is 9.11. The summed E-state index contributed by atoms with van der Waals surface area (Å²) in [6.45, 7) is 0. The van der Waals surface area contributed by atoms with Gasteiger partial charge in [0.2, 0.25) is 0 Å². The Morgan fingerprint density at radius 2 is 1.84 bits per heavy atom. The largest absolute Gasteiger partial charge is 0.264 e. The van der Waals surface area contributed by atoms with E-state index in [1.807, 2.05) is 0 Å². The maximum absolute atomic E-state index is 12.2. The van der Waals surface area contributed by atoms with Gasteiger partial charge in [-0.3, -0.25) is 4.72 Å². The Labute approximate surface area is 131 Å². The lowest BCUT2D eigenvalue weighted by Crippen LogP contribution is -2.15. The molecule has 0 aliphatic heterocycles. The van der Waals surface area contributed by atoms with E-state index in [1.54, 1.807) is 12.1 Å². The molecular weight excluding hydrogens is 421 g/mol. The minimum atomic E-state index is -3.79. The van der Waals surface area contributed by atoms with E-state index in [0.29, 0.717) is 4.47 Å². The van der Waals surface area contributed by atoms with Gasteiger partial charge in [0.15, 0.2) is 11.0 Å². The van der Waals surface area contributed by atoms with Crippen molar-refractivity contribution in [2.75, 3.05) is 4.72 Å². The highest BCUT2D eigenvalue weighted by Crippen LogP contribution is 2.27. The molecule has 0 aliphatic rings. The number of hydrogen-bond acceptors (Lipinski definition) is 4. The molecule has 0 fully saturated rings. The van der Waals surface area contributed by atoms with Gasteiger partial charge < -0.3 is 0 Å². The van der Waals surface area contributed by atoms with E-state index in [0.717, 1.165) is 4.47 Å². The maximum Gasteiger partial charge on any atom is 0.264 e. The lowest BCUT2D eigenvalue weighted by molar-refractivity contribution is 0.600. The van der Waals surface area contributed by atoms with E-state index in [-0.39, 0.29) is 15.9 Å². The summed E-state index contributed by atoms with van der Waals surface area (Å²) < 4.78 is 27.9. The highest BCUT2D eigenvalue weighted by atomic mass is 79.9. The molecule has 0 amide bonds. The zero-order valence-electron chi connectivity index (χ0n) is 9.14. The first-order valence-electron chi connectivity index (χ1n) is 4.84. The van der Waals surface area contributed by atoms with Crippen LogP contribution in [-0.2, 0) is 10.0 Å². The van der Waals surface area contributed by atoms with Gasteiger partial charge >= 0.3 is 0 Å². The zero-order chi connectivity index (χ0) is 14.0. The SMILES string of the molecule is O=S(=O)(Nc1nccnc1Cl)c1ccc(Br)cc1Br. The molecular formula is C10H6Br2ClN3O2S. The average molecular weight is 428 g/mol. The van der Waals surface area contributed by atoms with Crippen LogP contribution in [0.4, 0.5) is 5.82 Å². The van der Waals surface area contributed by atoms with Crippen LogP contribution in [0.5, 0.6) is 0 Å².